The van der Waals surface area contributed by atoms with Gasteiger partial charge in [-0.25, -0.2) is 18.4 Å². The number of aryl methyl sites for hydroxylation is 1. The summed E-state index contributed by atoms with van der Waals surface area (Å²) in [4.78, 5) is 29.4. The Kier molecular flexibility index (Phi) is 6.25. The van der Waals surface area contributed by atoms with Crippen LogP contribution in [0.15, 0.2) is 41.1 Å². The van der Waals surface area contributed by atoms with Crippen molar-refractivity contribution in [2.45, 2.75) is 26.9 Å². The maximum absolute atomic E-state index is 13.5. The molecule has 0 bridgehead atoms. The van der Waals surface area contributed by atoms with Crippen molar-refractivity contribution in [1.82, 2.24) is 24.5 Å². The van der Waals surface area contributed by atoms with Crippen LogP contribution in [0.25, 0.3) is 21.5 Å². The minimum Gasteiger partial charge on any atom is -0.464 e. The van der Waals surface area contributed by atoms with Gasteiger partial charge in [-0.2, -0.15) is 10.2 Å². The Balaban J connectivity index is 1.53. The number of carbonyl (C=O) groups is 2. The van der Waals surface area contributed by atoms with Crippen molar-refractivity contribution >= 4 is 50.7 Å². The number of nitrogens with one attached hydrogen (secondary N) is 1. The lowest BCUT2D eigenvalue weighted by atomic mass is 10.1. The number of carbonyl (C=O) groups excluding carboxylic acids is 2. The normalized spacial score (nSPS) is 11.5. The Morgan fingerprint density at radius 1 is 1.27 bits per heavy atom. The summed E-state index contributed by atoms with van der Waals surface area (Å²) >= 11 is 7.00. The van der Waals surface area contributed by atoms with Crippen molar-refractivity contribution < 1.29 is 22.8 Å². The molecule has 5 rings (SSSR count). The molecule has 5 heterocycles. The second-order valence-corrected chi connectivity index (χ2v) is 9.42. The highest BCUT2D eigenvalue weighted by Gasteiger charge is 2.26. The van der Waals surface area contributed by atoms with E-state index in [-0.39, 0.29) is 44.5 Å². The van der Waals surface area contributed by atoms with Crippen molar-refractivity contribution in [3.05, 3.63) is 69.4 Å². The Morgan fingerprint density at radius 2 is 2.05 bits per heavy atom. The Hall–Kier alpha value is -4.10. The number of fused-ring (bicyclic) bond motifs is 1. The van der Waals surface area contributed by atoms with Gasteiger partial charge in [0.1, 0.15) is 27.8 Å². The summed E-state index contributed by atoms with van der Waals surface area (Å²) in [5.41, 5.74) is 6.79. The summed E-state index contributed by atoms with van der Waals surface area (Å²) in [6.07, 6.45) is 0.104. The zero-order valence-corrected chi connectivity index (χ0v) is 20.9. The quantitative estimate of drug-likeness (QED) is 0.295. The van der Waals surface area contributed by atoms with Crippen LogP contribution in [0.5, 0.6) is 0 Å². The number of amides is 2. The molecule has 14 heteroatoms. The van der Waals surface area contributed by atoms with Crippen LogP contribution in [0, 0.1) is 13.8 Å². The standard InChI is InChI=1S/C23H18ClF2N7O3S/c1-10-17(24)11(2)33(30-10)9-32-6-5-13(31-32)22(35)29-18-16-12(15-4-3-7-36-15)8-14(20(25)26)28-23(16)37-19(18)21(27)34/h3-8,20H,9H2,1-2H3,(H2,27,34)(H,29,35). The first kappa shape index (κ1) is 24.6. The number of hydrogen-bond donors (Lipinski definition) is 2. The van der Waals surface area contributed by atoms with Gasteiger partial charge in [0, 0.05) is 17.1 Å². The molecule has 0 aliphatic rings. The fraction of sp³-hybridized carbons (Fsp3) is 0.174. The summed E-state index contributed by atoms with van der Waals surface area (Å²) in [6.45, 7) is 3.81. The predicted octanol–water partition coefficient (Wildman–Crippen LogP) is 5.01. The summed E-state index contributed by atoms with van der Waals surface area (Å²) in [6, 6.07) is 5.81. The molecule has 0 unspecified atom stereocenters. The Bertz CT molecular complexity index is 1660. The van der Waals surface area contributed by atoms with Crippen molar-refractivity contribution in [2.24, 2.45) is 5.73 Å². The van der Waals surface area contributed by atoms with Gasteiger partial charge in [-0.05, 0) is 38.1 Å². The van der Waals surface area contributed by atoms with E-state index < -0.39 is 23.9 Å². The van der Waals surface area contributed by atoms with Crippen LogP contribution >= 0.6 is 22.9 Å². The van der Waals surface area contributed by atoms with E-state index in [4.69, 9.17) is 21.8 Å². The van der Waals surface area contributed by atoms with Crippen molar-refractivity contribution in [3.8, 4) is 11.3 Å². The van der Waals surface area contributed by atoms with Gasteiger partial charge in [0.25, 0.3) is 18.2 Å². The molecule has 10 nitrogen and oxygen atoms in total. The minimum atomic E-state index is -2.86. The number of pyridine rings is 1. The lowest BCUT2D eigenvalue weighted by Crippen LogP contribution is -2.18. The average Bonchev–Trinajstić information content (AvgIpc) is 3.65. The molecule has 0 spiro atoms. The third-order valence-corrected chi connectivity index (χ3v) is 7.24. The Morgan fingerprint density at radius 3 is 2.68 bits per heavy atom. The largest absolute Gasteiger partial charge is 0.464 e. The number of hydrogen-bond acceptors (Lipinski definition) is 7. The van der Waals surface area contributed by atoms with Gasteiger partial charge < -0.3 is 15.5 Å². The highest BCUT2D eigenvalue weighted by molar-refractivity contribution is 7.21. The summed E-state index contributed by atoms with van der Waals surface area (Å²) in [7, 11) is 0. The minimum absolute atomic E-state index is 0.0390. The average molecular weight is 546 g/mol. The van der Waals surface area contributed by atoms with Gasteiger partial charge in [-0.15, -0.1) is 11.3 Å². The topological polar surface area (TPSA) is 134 Å². The maximum Gasteiger partial charge on any atom is 0.280 e. The highest BCUT2D eigenvalue weighted by Crippen LogP contribution is 2.42. The number of alkyl halides is 2. The van der Waals surface area contributed by atoms with Crippen LogP contribution in [0.2, 0.25) is 5.02 Å². The molecule has 0 saturated carbocycles. The van der Waals surface area contributed by atoms with Gasteiger partial charge in [0.2, 0.25) is 0 Å². The van der Waals surface area contributed by atoms with E-state index in [0.29, 0.717) is 10.7 Å². The zero-order valence-electron chi connectivity index (χ0n) is 19.3. The number of anilines is 1. The van der Waals surface area contributed by atoms with E-state index in [1.165, 1.54) is 17.0 Å². The Labute approximate surface area is 216 Å². The first-order chi connectivity index (χ1) is 17.6. The third kappa shape index (κ3) is 4.47. The van der Waals surface area contributed by atoms with Crippen molar-refractivity contribution in [3.63, 3.8) is 0 Å². The molecule has 0 aliphatic heterocycles. The van der Waals surface area contributed by atoms with E-state index in [0.717, 1.165) is 23.1 Å². The van der Waals surface area contributed by atoms with Gasteiger partial charge in [0.15, 0.2) is 5.69 Å². The molecule has 0 atom stereocenters. The molecule has 5 aromatic rings. The van der Waals surface area contributed by atoms with Crippen LogP contribution in [0.1, 0.15) is 43.7 Å². The number of halogens is 3. The summed E-state index contributed by atoms with van der Waals surface area (Å²) in [5, 5.41) is 12.1. The van der Waals surface area contributed by atoms with E-state index in [9.17, 15) is 18.4 Å². The number of nitrogens with zero attached hydrogens (tertiary/aromatic N) is 5. The zero-order chi connectivity index (χ0) is 26.4. The number of thiophene rings is 1. The van der Waals surface area contributed by atoms with Crippen molar-refractivity contribution in [1.29, 1.82) is 0 Å². The van der Waals surface area contributed by atoms with E-state index >= 15 is 0 Å². The van der Waals surface area contributed by atoms with Crippen LogP contribution in [-0.4, -0.2) is 36.4 Å². The fourth-order valence-corrected chi connectivity index (χ4v) is 4.99. The predicted molar refractivity (Wildman–Crippen MR) is 133 cm³/mol. The SMILES string of the molecule is Cc1nn(Cn2ccc(C(=O)Nc3c(C(N)=O)sc4nc(C(F)F)cc(-c5ccco5)c34)n2)c(C)c1Cl. The molecule has 5 aromatic heterocycles. The first-order valence-electron chi connectivity index (χ1n) is 10.8. The highest BCUT2D eigenvalue weighted by atomic mass is 35.5. The van der Waals surface area contributed by atoms with Crippen LogP contribution in [0.3, 0.4) is 0 Å². The number of nitrogens with two attached hydrogens (primary N) is 1. The second-order valence-electron chi connectivity index (χ2n) is 8.04. The monoisotopic (exact) mass is 545 g/mol. The van der Waals surface area contributed by atoms with Gasteiger partial charge in [-0.3, -0.25) is 14.3 Å². The molecular formula is C23H18ClF2N7O3S. The summed E-state index contributed by atoms with van der Waals surface area (Å²) in [5.74, 6) is -1.24. The number of furan rings is 1. The van der Waals surface area contributed by atoms with Crippen molar-refractivity contribution in [2.75, 3.05) is 5.32 Å². The molecule has 0 saturated heterocycles. The number of primary amides is 1. The fourth-order valence-electron chi connectivity index (χ4n) is 3.84. The molecule has 0 aliphatic carbocycles. The first-order valence-corrected chi connectivity index (χ1v) is 12.0. The van der Waals surface area contributed by atoms with E-state index in [1.807, 2.05) is 6.92 Å². The van der Waals surface area contributed by atoms with Crippen LogP contribution < -0.4 is 11.1 Å². The van der Waals surface area contributed by atoms with Gasteiger partial charge in [0.05, 0.1) is 28.4 Å². The van der Waals surface area contributed by atoms with Gasteiger partial charge >= 0.3 is 0 Å². The van der Waals surface area contributed by atoms with E-state index in [2.05, 4.69) is 20.5 Å². The van der Waals surface area contributed by atoms with Crippen LogP contribution in [0.4, 0.5) is 14.5 Å². The molecular weight excluding hydrogens is 528 g/mol. The molecule has 37 heavy (non-hydrogen) atoms. The number of aromatic nitrogens is 5. The molecule has 190 valence electrons. The summed E-state index contributed by atoms with van der Waals surface area (Å²) < 4.78 is 35.7. The second kappa shape index (κ2) is 9.41. The smallest absolute Gasteiger partial charge is 0.280 e. The molecule has 0 radical (unpaired) electrons. The van der Waals surface area contributed by atoms with E-state index in [1.54, 1.807) is 29.9 Å². The molecule has 0 aromatic carbocycles. The van der Waals surface area contributed by atoms with Gasteiger partial charge in [-0.1, -0.05) is 11.6 Å². The molecule has 0 fully saturated rings. The molecule has 3 N–H and O–H groups in total. The number of rotatable bonds is 7. The lowest BCUT2D eigenvalue weighted by Gasteiger charge is -2.09. The van der Waals surface area contributed by atoms with Crippen LogP contribution in [-0.2, 0) is 6.67 Å². The third-order valence-electron chi connectivity index (χ3n) is 5.60. The lowest BCUT2D eigenvalue weighted by molar-refractivity contribution is 0.100. The maximum atomic E-state index is 13.5. The molecule has 2 amide bonds.